The lowest BCUT2D eigenvalue weighted by molar-refractivity contribution is -0.151. The van der Waals surface area contributed by atoms with Crippen molar-refractivity contribution in [3.8, 4) is 17.2 Å². The van der Waals surface area contributed by atoms with Gasteiger partial charge in [0.05, 0.1) is 12.5 Å². The van der Waals surface area contributed by atoms with E-state index in [2.05, 4.69) is 5.32 Å². The minimum atomic E-state index is -0.640. The summed E-state index contributed by atoms with van der Waals surface area (Å²) in [5.74, 6) is 0.210. The number of carbonyl (C=O) groups excluding carboxylic acids is 3. The van der Waals surface area contributed by atoms with Crippen molar-refractivity contribution < 1.29 is 28.6 Å². The SMILES string of the molecule is CCOc1ccc(NC(=O)COC(=O)[C@@H]2CC(=O)N(c3ccc(Oc4ccc(C)cc4)cc3)C2)cc1. The van der Waals surface area contributed by atoms with Crippen LogP contribution >= 0.6 is 0 Å². The van der Waals surface area contributed by atoms with E-state index in [4.69, 9.17) is 14.2 Å². The van der Waals surface area contributed by atoms with Gasteiger partial charge in [-0.3, -0.25) is 14.4 Å². The molecule has 1 aliphatic rings. The summed E-state index contributed by atoms with van der Waals surface area (Å²) in [6.07, 6.45) is 0.0287. The number of rotatable bonds is 9. The van der Waals surface area contributed by atoms with Crippen LogP contribution < -0.4 is 19.7 Å². The van der Waals surface area contributed by atoms with E-state index < -0.39 is 24.4 Å². The van der Waals surface area contributed by atoms with Crippen molar-refractivity contribution in [3.63, 3.8) is 0 Å². The van der Waals surface area contributed by atoms with Gasteiger partial charge in [0.15, 0.2) is 6.61 Å². The molecule has 4 rings (SSSR count). The summed E-state index contributed by atoms with van der Waals surface area (Å²) < 4.78 is 16.4. The van der Waals surface area contributed by atoms with E-state index >= 15 is 0 Å². The summed E-state index contributed by atoms with van der Waals surface area (Å²) in [4.78, 5) is 38.8. The van der Waals surface area contributed by atoms with Crippen LogP contribution in [0.1, 0.15) is 18.9 Å². The Morgan fingerprint density at radius 1 is 0.917 bits per heavy atom. The molecule has 1 fully saturated rings. The van der Waals surface area contributed by atoms with Crippen molar-refractivity contribution in [2.75, 3.05) is 30.0 Å². The minimum Gasteiger partial charge on any atom is -0.494 e. The first kappa shape index (κ1) is 24.8. The van der Waals surface area contributed by atoms with Gasteiger partial charge in [0.1, 0.15) is 17.2 Å². The van der Waals surface area contributed by atoms with Gasteiger partial charge in [-0.05, 0) is 74.5 Å². The molecular weight excluding hydrogens is 460 g/mol. The van der Waals surface area contributed by atoms with Crippen LogP contribution in [0.15, 0.2) is 72.8 Å². The van der Waals surface area contributed by atoms with Crippen molar-refractivity contribution in [2.45, 2.75) is 20.3 Å². The Balaban J connectivity index is 1.26. The van der Waals surface area contributed by atoms with E-state index in [1.54, 1.807) is 53.4 Å². The number of aryl methyl sites for hydroxylation is 1. The quantitative estimate of drug-likeness (QED) is 0.438. The second kappa shape index (κ2) is 11.4. The van der Waals surface area contributed by atoms with Crippen molar-refractivity contribution in [3.05, 3.63) is 78.4 Å². The molecule has 0 aromatic heterocycles. The van der Waals surface area contributed by atoms with E-state index in [1.807, 2.05) is 38.1 Å². The summed E-state index contributed by atoms with van der Waals surface area (Å²) in [5.41, 5.74) is 2.38. The lowest BCUT2D eigenvalue weighted by Gasteiger charge is -2.17. The third-order valence-corrected chi connectivity index (χ3v) is 5.66. The van der Waals surface area contributed by atoms with E-state index in [-0.39, 0.29) is 18.9 Å². The van der Waals surface area contributed by atoms with Crippen LogP contribution in [-0.2, 0) is 19.1 Å². The number of ether oxygens (including phenoxy) is 3. The normalized spacial score (nSPS) is 14.9. The van der Waals surface area contributed by atoms with E-state index in [0.29, 0.717) is 29.5 Å². The number of carbonyl (C=O) groups is 3. The highest BCUT2D eigenvalue weighted by Crippen LogP contribution is 2.29. The summed E-state index contributed by atoms with van der Waals surface area (Å²) in [6, 6.07) is 21.7. The molecule has 1 N–H and O–H groups in total. The van der Waals surface area contributed by atoms with Crippen molar-refractivity contribution in [2.24, 2.45) is 5.92 Å². The standard InChI is InChI=1S/C28H28N2O6/c1-3-34-23-12-6-21(7-13-23)29-26(31)18-35-28(33)20-16-27(32)30(17-20)22-8-14-25(15-9-22)36-24-10-4-19(2)5-11-24/h4-15,20H,3,16-18H2,1-2H3,(H,29,31)/t20-/m1/s1. The summed E-state index contributed by atoms with van der Waals surface area (Å²) in [5, 5.41) is 2.66. The Hall–Kier alpha value is -4.33. The molecule has 0 radical (unpaired) electrons. The zero-order valence-electron chi connectivity index (χ0n) is 20.2. The second-order valence-corrected chi connectivity index (χ2v) is 8.43. The minimum absolute atomic E-state index is 0.0287. The second-order valence-electron chi connectivity index (χ2n) is 8.43. The maximum Gasteiger partial charge on any atom is 0.311 e. The average molecular weight is 489 g/mol. The predicted molar refractivity (Wildman–Crippen MR) is 135 cm³/mol. The zero-order valence-corrected chi connectivity index (χ0v) is 20.2. The molecule has 36 heavy (non-hydrogen) atoms. The number of amides is 2. The molecule has 1 saturated heterocycles. The molecule has 1 atom stereocenters. The Morgan fingerprint density at radius 3 is 2.17 bits per heavy atom. The predicted octanol–water partition coefficient (Wildman–Crippen LogP) is 4.72. The molecule has 3 aromatic carbocycles. The molecule has 1 heterocycles. The summed E-state index contributed by atoms with van der Waals surface area (Å²) in [7, 11) is 0. The van der Waals surface area contributed by atoms with Gasteiger partial charge in [-0.15, -0.1) is 0 Å². The van der Waals surface area contributed by atoms with Gasteiger partial charge < -0.3 is 24.4 Å². The van der Waals surface area contributed by atoms with Gasteiger partial charge in [-0.25, -0.2) is 0 Å². The molecule has 0 unspecified atom stereocenters. The van der Waals surface area contributed by atoms with Gasteiger partial charge in [0.2, 0.25) is 5.91 Å². The smallest absolute Gasteiger partial charge is 0.311 e. The maximum absolute atomic E-state index is 12.5. The molecule has 0 saturated carbocycles. The molecule has 3 aromatic rings. The highest BCUT2D eigenvalue weighted by molar-refractivity contribution is 6.00. The first-order chi connectivity index (χ1) is 17.4. The monoisotopic (exact) mass is 488 g/mol. The van der Waals surface area contributed by atoms with Gasteiger partial charge in [0, 0.05) is 24.3 Å². The van der Waals surface area contributed by atoms with Crippen LogP contribution in [0, 0.1) is 12.8 Å². The van der Waals surface area contributed by atoms with Gasteiger partial charge in [-0.1, -0.05) is 17.7 Å². The van der Waals surface area contributed by atoms with Gasteiger partial charge in [0.25, 0.3) is 5.91 Å². The largest absolute Gasteiger partial charge is 0.494 e. The van der Waals surface area contributed by atoms with Gasteiger partial charge >= 0.3 is 5.97 Å². The highest BCUT2D eigenvalue weighted by atomic mass is 16.5. The fourth-order valence-corrected chi connectivity index (χ4v) is 3.80. The Kier molecular flexibility index (Phi) is 7.85. The molecule has 8 heteroatoms. The van der Waals surface area contributed by atoms with Crippen molar-refractivity contribution >= 4 is 29.2 Å². The third kappa shape index (κ3) is 6.41. The van der Waals surface area contributed by atoms with E-state index in [0.717, 1.165) is 11.3 Å². The summed E-state index contributed by atoms with van der Waals surface area (Å²) >= 11 is 0. The number of hydrogen-bond acceptors (Lipinski definition) is 6. The highest BCUT2D eigenvalue weighted by Gasteiger charge is 2.36. The maximum atomic E-state index is 12.5. The molecule has 8 nitrogen and oxygen atoms in total. The van der Waals surface area contributed by atoms with Crippen LogP contribution in [0.4, 0.5) is 11.4 Å². The molecule has 186 valence electrons. The first-order valence-corrected chi connectivity index (χ1v) is 11.8. The fourth-order valence-electron chi connectivity index (χ4n) is 3.80. The molecule has 0 spiro atoms. The lowest BCUT2D eigenvalue weighted by Crippen LogP contribution is -2.28. The number of esters is 1. The zero-order chi connectivity index (χ0) is 25.5. The van der Waals surface area contributed by atoms with E-state index in [9.17, 15) is 14.4 Å². The van der Waals surface area contributed by atoms with Crippen molar-refractivity contribution in [1.29, 1.82) is 0 Å². The number of hydrogen-bond donors (Lipinski definition) is 1. The lowest BCUT2D eigenvalue weighted by atomic mass is 10.1. The molecule has 0 bridgehead atoms. The number of nitrogens with one attached hydrogen (secondary N) is 1. The van der Waals surface area contributed by atoms with Crippen LogP contribution in [0.3, 0.4) is 0 Å². The molecule has 0 aliphatic carbocycles. The Bertz CT molecular complexity index is 1210. The topological polar surface area (TPSA) is 94.2 Å². The van der Waals surface area contributed by atoms with Crippen molar-refractivity contribution in [1.82, 2.24) is 0 Å². The average Bonchev–Trinajstić information content (AvgIpc) is 3.27. The van der Waals surface area contributed by atoms with Crippen LogP contribution in [0.5, 0.6) is 17.2 Å². The molecule has 2 amide bonds. The van der Waals surface area contributed by atoms with Crippen LogP contribution in [-0.4, -0.2) is 37.5 Å². The number of benzene rings is 3. The molecular formula is C28H28N2O6. The van der Waals surface area contributed by atoms with Gasteiger partial charge in [-0.2, -0.15) is 0 Å². The Morgan fingerprint density at radius 2 is 1.53 bits per heavy atom. The number of anilines is 2. The summed E-state index contributed by atoms with van der Waals surface area (Å²) in [6.45, 7) is 4.21. The fraction of sp³-hybridized carbons (Fsp3) is 0.250. The third-order valence-electron chi connectivity index (χ3n) is 5.66. The first-order valence-electron chi connectivity index (χ1n) is 11.8. The molecule has 1 aliphatic heterocycles. The Labute approximate surface area is 209 Å². The van der Waals surface area contributed by atoms with E-state index in [1.165, 1.54) is 0 Å². The number of nitrogens with zero attached hydrogens (tertiary/aromatic N) is 1. The van der Waals surface area contributed by atoms with Crippen LogP contribution in [0.2, 0.25) is 0 Å². The van der Waals surface area contributed by atoms with Crippen LogP contribution in [0.25, 0.3) is 0 Å².